The van der Waals surface area contributed by atoms with Crippen LogP contribution in [0, 0.1) is 20.8 Å². The van der Waals surface area contributed by atoms with Crippen molar-refractivity contribution in [1.82, 2.24) is 14.8 Å². The lowest BCUT2D eigenvalue weighted by atomic mass is 10.2. The highest BCUT2D eigenvalue weighted by Crippen LogP contribution is 2.34. The maximum atomic E-state index is 13.1. The normalized spacial score (nSPS) is 11.8. The molecular weight excluding hydrogens is 388 g/mol. The van der Waals surface area contributed by atoms with E-state index in [-0.39, 0.29) is 4.90 Å². The second-order valence-corrected chi connectivity index (χ2v) is 8.42. The molecule has 1 aromatic carbocycles. The lowest BCUT2D eigenvalue weighted by Gasteiger charge is -2.11. The molecule has 2 aromatic heterocycles. The van der Waals surface area contributed by atoms with Crippen LogP contribution in [0.15, 0.2) is 27.5 Å². The molecular formula is C18H21ClN4O3S. The van der Waals surface area contributed by atoms with Crippen molar-refractivity contribution < 1.29 is 12.8 Å². The number of nitrogens with zero attached hydrogens (tertiary/aromatic N) is 3. The molecule has 0 amide bonds. The third kappa shape index (κ3) is 3.46. The molecule has 3 aromatic rings. The van der Waals surface area contributed by atoms with Crippen molar-refractivity contribution in [3.63, 3.8) is 0 Å². The van der Waals surface area contributed by atoms with Gasteiger partial charge in [0.05, 0.1) is 10.7 Å². The fourth-order valence-corrected chi connectivity index (χ4v) is 4.97. The number of hydrogen-bond donors (Lipinski definition) is 1. The number of benzene rings is 1. The molecule has 0 fully saturated rings. The number of hydrogen-bond acceptors (Lipinski definition) is 5. The van der Waals surface area contributed by atoms with Crippen LogP contribution >= 0.6 is 11.6 Å². The predicted octanol–water partition coefficient (Wildman–Crippen LogP) is 4.02. The van der Waals surface area contributed by atoms with Crippen LogP contribution in [0.3, 0.4) is 0 Å². The Bertz CT molecular complexity index is 1120. The monoisotopic (exact) mass is 408 g/mol. The lowest BCUT2D eigenvalue weighted by molar-refractivity contribution is 0.508. The van der Waals surface area contributed by atoms with Crippen molar-refractivity contribution in [3.8, 4) is 11.6 Å². The molecule has 0 unspecified atom stereocenters. The van der Waals surface area contributed by atoms with Crippen LogP contribution in [0.4, 0.5) is 5.69 Å². The first-order chi connectivity index (χ1) is 12.7. The first kappa shape index (κ1) is 19.4. The molecule has 0 atom stereocenters. The molecule has 0 saturated heterocycles. The van der Waals surface area contributed by atoms with Gasteiger partial charge in [-0.2, -0.15) is 0 Å². The topological polar surface area (TPSA) is 90.0 Å². The van der Waals surface area contributed by atoms with Gasteiger partial charge in [-0.15, -0.1) is 10.2 Å². The standard InChI is InChI=1S/C18H21ClN4O3S/c1-6-15-20-21-18(26-15)16-11(3)17(12(4)23(16)5)27(24,25)22-14-8-7-10(2)9-13(14)19/h7-9,22H,6H2,1-5H3. The van der Waals surface area contributed by atoms with Crippen molar-refractivity contribution in [2.24, 2.45) is 7.05 Å². The van der Waals surface area contributed by atoms with Gasteiger partial charge < -0.3 is 8.98 Å². The lowest BCUT2D eigenvalue weighted by Crippen LogP contribution is -2.15. The molecule has 0 aliphatic rings. The Labute approximate surface area is 163 Å². The molecule has 7 nitrogen and oxygen atoms in total. The fraction of sp³-hybridized carbons (Fsp3) is 0.333. The largest absolute Gasteiger partial charge is 0.419 e. The first-order valence-corrected chi connectivity index (χ1v) is 10.3. The Morgan fingerprint density at radius 1 is 1.22 bits per heavy atom. The van der Waals surface area contributed by atoms with Crippen molar-refractivity contribution >= 4 is 27.3 Å². The molecule has 0 saturated carbocycles. The van der Waals surface area contributed by atoms with Crippen LogP contribution in [0.5, 0.6) is 0 Å². The van der Waals surface area contributed by atoms with Gasteiger partial charge in [-0.1, -0.05) is 24.6 Å². The van der Waals surface area contributed by atoms with E-state index in [1.54, 1.807) is 43.7 Å². The van der Waals surface area contributed by atoms with Crippen LogP contribution in [0.25, 0.3) is 11.6 Å². The summed E-state index contributed by atoms with van der Waals surface area (Å²) in [5.41, 5.74) is 2.96. The summed E-state index contributed by atoms with van der Waals surface area (Å²) in [5.74, 6) is 0.794. The molecule has 2 heterocycles. The molecule has 144 valence electrons. The van der Waals surface area contributed by atoms with Gasteiger partial charge in [0, 0.05) is 24.7 Å². The van der Waals surface area contributed by atoms with E-state index in [9.17, 15) is 8.42 Å². The van der Waals surface area contributed by atoms with E-state index in [1.165, 1.54) is 0 Å². The Morgan fingerprint density at radius 2 is 1.93 bits per heavy atom. The van der Waals surface area contributed by atoms with E-state index >= 15 is 0 Å². The molecule has 0 aliphatic heterocycles. The van der Waals surface area contributed by atoms with Gasteiger partial charge in [-0.05, 0) is 38.5 Å². The van der Waals surface area contributed by atoms with Gasteiger partial charge in [0.25, 0.3) is 15.9 Å². The summed E-state index contributed by atoms with van der Waals surface area (Å²) < 4.78 is 36.1. The number of halogens is 1. The maximum Gasteiger partial charge on any atom is 0.264 e. The number of aromatic nitrogens is 3. The molecule has 0 aliphatic carbocycles. The Morgan fingerprint density at radius 3 is 2.52 bits per heavy atom. The van der Waals surface area contributed by atoms with Crippen molar-refractivity contribution in [2.45, 2.75) is 39.0 Å². The second-order valence-electron chi connectivity index (χ2n) is 6.39. The van der Waals surface area contributed by atoms with E-state index in [2.05, 4.69) is 14.9 Å². The van der Waals surface area contributed by atoms with Crippen LogP contribution in [0.2, 0.25) is 5.02 Å². The summed E-state index contributed by atoms with van der Waals surface area (Å²) in [4.78, 5) is 0.174. The number of rotatable bonds is 5. The Kier molecular flexibility index (Phi) is 5.05. The van der Waals surface area contributed by atoms with E-state index in [0.717, 1.165) is 5.56 Å². The second kappa shape index (κ2) is 7.01. The molecule has 0 spiro atoms. The number of nitrogens with one attached hydrogen (secondary N) is 1. The summed E-state index contributed by atoms with van der Waals surface area (Å²) in [6.07, 6.45) is 0.605. The minimum absolute atomic E-state index is 0.174. The highest BCUT2D eigenvalue weighted by atomic mass is 35.5. The van der Waals surface area contributed by atoms with Gasteiger partial charge in [-0.25, -0.2) is 8.42 Å². The highest BCUT2D eigenvalue weighted by molar-refractivity contribution is 7.92. The van der Waals surface area contributed by atoms with Crippen LogP contribution in [-0.2, 0) is 23.5 Å². The van der Waals surface area contributed by atoms with Crippen LogP contribution in [0.1, 0.15) is 29.6 Å². The van der Waals surface area contributed by atoms with Crippen LogP contribution in [-0.4, -0.2) is 23.2 Å². The van der Waals surface area contributed by atoms with Gasteiger partial charge >= 0.3 is 0 Å². The minimum Gasteiger partial charge on any atom is -0.419 e. The van der Waals surface area contributed by atoms with Crippen molar-refractivity contribution in [1.29, 1.82) is 0 Å². The summed E-state index contributed by atoms with van der Waals surface area (Å²) in [6.45, 7) is 7.25. The average molecular weight is 409 g/mol. The molecule has 0 radical (unpaired) electrons. The van der Waals surface area contributed by atoms with Crippen molar-refractivity contribution in [2.75, 3.05) is 4.72 Å². The SMILES string of the molecule is CCc1nnc(-c2c(C)c(S(=O)(=O)Nc3ccc(C)cc3Cl)c(C)n2C)o1. The maximum absolute atomic E-state index is 13.1. The van der Waals surface area contributed by atoms with E-state index in [0.29, 0.717) is 45.9 Å². The Hall–Kier alpha value is -2.32. The molecule has 0 bridgehead atoms. The average Bonchev–Trinajstić information content (AvgIpc) is 3.13. The number of sulfonamides is 1. The predicted molar refractivity (Wildman–Crippen MR) is 105 cm³/mol. The first-order valence-electron chi connectivity index (χ1n) is 8.43. The zero-order chi connectivity index (χ0) is 19.9. The summed E-state index contributed by atoms with van der Waals surface area (Å²) in [6, 6.07) is 5.15. The van der Waals surface area contributed by atoms with Crippen molar-refractivity contribution in [3.05, 3.63) is 45.9 Å². The minimum atomic E-state index is -3.86. The van der Waals surface area contributed by atoms with E-state index < -0.39 is 10.0 Å². The third-order valence-corrected chi connectivity index (χ3v) is 6.41. The van der Waals surface area contributed by atoms with Gasteiger partial charge in [0.1, 0.15) is 10.6 Å². The zero-order valence-electron chi connectivity index (χ0n) is 15.8. The molecule has 27 heavy (non-hydrogen) atoms. The third-order valence-electron chi connectivity index (χ3n) is 4.47. The van der Waals surface area contributed by atoms with Gasteiger partial charge in [0.15, 0.2) is 0 Å². The summed E-state index contributed by atoms with van der Waals surface area (Å²) in [5, 5.41) is 8.36. The molecule has 9 heteroatoms. The van der Waals surface area contributed by atoms with Gasteiger partial charge in [0.2, 0.25) is 5.89 Å². The quantitative estimate of drug-likeness (QED) is 0.688. The molecule has 3 rings (SSSR count). The van der Waals surface area contributed by atoms with E-state index in [1.807, 2.05) is 13.8 Å². The Balaban J connectivity index is 2.09. The van der Waals surface area contributed by atoms with E-state index in [4.69, 9.17) is 16.0 Å². The van der Waals surface area contributed by atoms with Gasteiger partial charge in [-0.3, -0.25) is 4.72 Å². The summed E-state index contributed by atoms with van der Waals surface area (Å²) in [7, 11) is -2.09. The van der Waals surface area contributed by atoms with Crippen LogP contribution < -0.4 is 4.72 Å². The molecule has 1 N–H and O–H groups in total. The zero-order valence-corrected chi connectivity index (χ0v) is 17.4. The number of aryl methyl sites for hydroxylation is 2. The summed E-state index contributed by atoms with van der Waals surface area (Å²) >= 11 is 6.19. The number of anilines is 1. The highest BCUT2D eigenvalue weighted by Gasteiger charge is 2.29. The fourth-order valence-electron chi connectivity index (χ4n) is 3.04. The smallest absolute Gasteiger partial charge is 0.264 e.